The second-order valence-corrected chi connectivity index (χ2v) is 5.62. The van der Waals surface area contributed by atoms with Gasteiger partial charge >= 0.3 is 0 Å². The summed E-state index contributed by atoms with van der Waals surface area (Å²) in [6.07, 6.45) is 1.14. The number of aromatic amines is 1. The summed E-state index contributed by atoms with van der Waals surface area (Å²) in [6, 6.07) is 4.54. The highest BCUT2D eigenvalue weighted by Crippen LogP contribution is 2.20. The Kier molecular flexibility index (Phi) is 2.31. The fourth-order valence-corrected chi connectivity index (χ4v) is 2.14. The molecule has 0 fully saturated rings. The molecule has 0 spiro atoms. The molecule has 5 nitrogen and oxygen atoms in total. The highest BCUT2D eigenvalue weighted by molar-refractivity contribution is 7.90. The lowest BCUT2D eigenvalue weighted by atomic mass is 10.2. The third-order valence-corrected chi connectivity index (χ3v) is 3.41. The van der Waals surface area contributed by atoms with Crippen LogP contribution in [0.2, 0.25) is 0 Å². The largest absolute Gasteiger partial charge is 0.293 e. The number of hydrogen-bond acceptors (Lipinski definition) is 4. The molecule has 0 bridgehead atoms. The van der Waals surface area contributed by atoms with Crippen LogP contribution < -0.4 is 0 Å². The molecule has 0 aliphatic rings. The van der Waals surface area contributed by atoms with Crippen LogP contribution in [0.25, 0.3) is 10.9 Å². The number of carbonyl (C=O) groups excluding carboxylic acids is 1. The van der Waals surface area contributed by atoms with Crippen LogP contribution in [-0.4, -0.2) is 30.7 Å². The molecule has 84 valence electrons. The van der Waals surface area contributed by atoms with Crippen molar-refractivity contribution in [3.8, 4) is 0 Å². The van der Waals surface area contributed by atoms with Crippen molar-refractivity contribution in [3.63, 3.8) is 0 Å². The maximum atomic E-state index is 11.3. The lowest BCUT2D eigenvalue weighted by Gasteiger charge is -1.97. The topological polar surface area (TPSA) is 79.9 Å². The Hall–Kier alpha value is -1.69. The summed E-state index contributed by atoms with van der Waals surface area (Å²) in [4.78, 5) is 11.4. The molecule has 1 aromatic heterocycles. The minimum absolute atomic E-state index is 0.154. The molecule has 0 unspecified atom stereocenters. The molecule has 1 aromatic carbocycles. The first-order valence-corrected chi connectivity index (χ1v) is 6.48. The fraction of sp³-hybridized carbons (Fsp3) is 0.200. The van der Waals surface area contributed by atoms with E-state index in [-0.39, 0.29) is 10.7 Å². The van der Waals surface area contributed by atoms with Crippen LogP contribution in [0.3, 0.4) is 0 Å². The first kappa shape index (κ1) is 10.8. The lowest BCUT2D eigenvalue weighted by Crippen LogP contribution is -1.96. The quantitative estimate of drug-likeness (QED) is 0.796. The zero-order valence-electron chi connectivity index (χ0n) is 8.81. The lowest BCUT2D eigenvalue weighted by molar-refractivity contribution is 0.101. The highest BCUT2D eigenvalue weighted by atomic mass is 32.2. The van der Waals surface area contributed by atoms with E-state index in [1.54, 1.807) is 6.07 Å². The number of nitrogens with zero attached hydrogens (tertiary/aromatic N) is 1. The van der Waals surface area contributed by atoms with E-state index in [1.807, 2.05) is 0 Å². The Bertz CT molecular complexity index is 670. The van der Waals surface area contributed by atoms with E-state index in [0.717, 1.165) is 6.26 Å². The molecule has 0 aliphatic heterocycles. The number of fused-ring (bicyclic) bond motifs is 1. The maximum Gasteiger partial charge on any atom is 0.180 e. The number of benzene rings is 1. The molecule has 0 aliphatic carbocycles. The van der Waals surface area contributed by atoms with Crippen molar-refractivity contribution in [3.05, 3.63) is 23.9 Å². The zero-order chi connectivity index (χ0) is 11.9. The molecule has 16 heavy (non-hydrogen) atoms. The first-order chi connectivity index (χ1) is 7.39. The van der Waals surface area contributed by atoms with Gasteiger partial charge in [-0.2, -0.15) is 5.10 Å². The Balaban J connectivity index is 2.71. The van der Waals surface area contributed by atoms with Crippen LogP contribution in [0.4, 0.5) is 0 Å². The van der Waals surface area contributed by atoms with E-state index in [0.29, 0.717) is 16.6 Å². The monoisotopic (exact) mass is 238 g/mol. The van der Waals surface area contributed by atoms with Crippen LogP contribution in [-0.2, 0) is 9.84 Å². The van der Waals surface area contributed by atoms with Crippen LogP contribution >= 0.6 is 0 Å². The van der Waals surface area contributed by atoms with Crippen LogP contribution in [0, 0.1) is 0 Å². The summed E-state index contributed by atoms with van der Waals surface area (Å²) in [7, 11) is -3.24. The van der Waals surface area contributed by atoms with E-state index >= 15 is 0 Å². The molecular weight excluding hydrogens is 228 g/mol. The standard InChI is InChI=1S/C10H10N2O3S/c1-6(13)10-8-4-3-7(16(2,14)15)5-9(8)11-12-10/h3-5H,1-2H3,(H,11,12). The summed E-state index contributed by atoms with van der Waals surface area (Å²) in [5.41, 5.74) is 0.878. The van der Waals surface area contributed by atoms with Crippen LogP contribution in [0.15, 0.2) is 23.1 Å². The van der Waals surface area contributed by atoms with Crippen LogP contribution in [0.1, 0.15) is 17.4 Å². The summed E-state index contributed by atoms with van der Waals surface area (Å²) in [6.45, 7) is 1.42. The van der Waals surface area contributed by atoms with Gasteiger partial charge in [0.2, 0.25) is 0 Å². The van der Waals surface area contributed by atoms with Crippen LogP contribution in [0.5, 0.6) is 0 Å². The number of ketones is 1. The molecule has 1 N–H and O–H groups in total. The Morgan fingerprint density at radius 1 is 1.38 bits per heavy atom. The van der Waals surface area contributed by atoms with Gasteiger partial charge in [0.1, 0.15) is 5.69 Å². The van der Waals surface area contributed by atoms with Crippen molar-refractivity contribution in [2.45, 2.75) is 11.8 Å². The number of rotatable bonds is 2. The second kappa shape index (κ2) is 3.41. The number of H-pyrrole nitrogens is 1. The van der Waals surface area contributed by atoms with Gasteiger partial charge in [0.25, 0.3) is 0 Å². The fourth-order valence-electron chi connectivity index (χ4n) is 1.50. The Morgan fingerprint density at radius 2 is 2.06 bits per heavy atom. The SMILES string of the molecule is CC(=O)c1n[nH]c2cc(S(C)(=O)=O)ccc12. The van der Waals surface area contributed by atoms with Gasteiger partial charge < -0.3 is 0 Å². The van der Waals surface area contributed by atoms with Gasteiger partial charge in [-0.05, 0) is 18.2 Å². The second-order valence-electron chi connectivity index (χ2n) is 3.61. The minimum atomic E-state index is -3.24. The number of carbonyl (C=O) groups is 1. The van der Waals surface area contributed by atoms with Gasteiger partial charge in [0.15, 0.2) is 15.6 Å². The first-order valence-electron chi connectivity index (χ1n) is 4.59. The van der Waals surface area contributed by atoms with Gasteiger partial charge in [-0.3, -0.25) is 9.89 Å². The van der Waals surface area contributed by atoms with Gasteiger partial charge in [-0.15, -0.1) is 0 Å². The molecule has 2 rings (SSSR count). The molecule has 0 saturated heterocycles. The predicted molar refractivity (Wildman–Crippen MR) is 59.2 cm³/mol. The normalized spacial score (nSPS) is 11.9. The summed E-state index contributed by atoms with van der Waals surface area (Å²) in [5.74, 6) is -0.154. The zero-order valence-corrected chi connectivity index (χ0v) is 9.63. The van der Waals surface area contributed by atoms with Gasteiger partial charge in [-0.1, -0.05) is 0 Å². The molecule has 0 amide bonds. The highest BCUT2D eigenvalue weighted by Gasteiger charge is 2.13. The summed E-state index contributed by atoms with van der Waals surface area (Å²) < 4.78 is 22.6. The van der Waals surface area contributed by atoms with Crippen molar-refractivity contribution < 1.29 is 13.2 Å². The predicted octanol–water partition coefficient (Wildman–Crippen LogP) is 1.17. The molecular formula is C10H10N2O3S. The van der Waals surface area contributed by atoms with E-state index in [4.69, 9.17) is 0 Å². The number of nitrogens with one attached hydrogen (secondary N) is 1. The summed E-state index contributed by atoms with van der Waals surface area (Å²) >= 11 is 0. The number of Topliss-reactive ketones (excluding diaryl/α,β-unsaturated/α-hetero) is 1. The van der Waals surface area contributed by atoms with Crippen molar-refractivity contribution in [1.29, 1.82) is 0 Å². The van der Waals surface area contributed by atoms with Crippen molar-refractivity contribution >= 4 is 26.5 Å². The molecule has 0 radical (unpaired) electrons. The molecule has 0 atom stereocenters. The van der Waals surface area contributed by atoms with Crippen molar-refractivity contribution in [2.24, 2.45) is 0 Å². The average molecular weight is 238 g/mol. The van der Waals surface area contributed by atoms with E-state index in [1.165, 1.54) is 19.1 Å². The Morgan fingerprint density at radius 3 is 2.62 bits per heavy atom. The minimum Gasteiger partial charge on any atom is -0.293 e. The number of sulfone groups is 1. The molecule has 2 aromatic rings. The molecule has 1 heterocycles. The maximum absolute atomic E-state index is 11.3. The van der Waals surface area contributed by atoms with E-state index in [2.05, 4.69) is 10.2 Å². The third kappa shape index (κ3) is 1.71. The number of hydrogen-bond donors (Lipinski definition) is 1. The van der Waals surface area contributed by atoms with E-state index < -0.39 is 9.84 Å². The van der Waals surface area contributed by atoms with Gasteiger partial charge in [0, 0.05) is 18.6 Å². The van der Waals surface area contributed by atoms with Crippen molar-refractivity contribution in [1.82, 2.24) is 10.2 Å². The number of aromatic nitrogens is 2. The van der Waals surface area contributed by atoms with Crippen molar-refractivity contribution in [2.75, 3.05) is 6.26 Å². The molecule has 6 heteroatoms. The molecule has 0 saturated carbocycles. The smallest absolute Gasteiger partial charge is 0.180 e. The van der Waals surface area contributed by atoms with E-state index in [9.17, 15) is 13.2 Å². The van der Waals surface area contributed by atoms with Gasteiger partial charge in [0.05, 0.1) is 10.4 Å². The Labute approximate surface area is 92.4 Å². The third-order valence-electron chi connectivity index (χ3n) is 2.30. The summed E-state index contributed by atoms with van der Waals surface area (Å²) in [5, 5.41) is 7.13. The average Bonchev–Trinajstić information content (AvgIpc) is 2.58. The van der Waals surface area contributed by atoms with Gasteiger partial charge in [-0.25, -0.2) is 8.42 Å².